The van der Waals surface area contributed by atoms with Crippen molar-refractivity contribution in [2.24, 2.45) is 0 Å². The van der Waals surface area contributed by atoms with Gasteiger partial charge in [-0.3, -0.25) is 9.10 Å². The summed E-state index contributed by atoms with van der Waals surface area (Å²) in [5.74, 6) is 1.73. The van der Waals surface area contributed by atoms with Crippen LogP contribution in [-0.2, 0) is 27.0 Å². The summed E-state index contributed by atoms with van der Waals surface area (Å²) < 4.78 is 25.7. The Labute approximate surface area is 178 Å². The number of nitrogens with zero attached hydrogens (tertiary/aromatic N) is 1. The maximum atomic E-state index is 12.1. The molecule has 0 bridgehead atoms. The van der Waals surface area contributed by atoms with Crippen LogP contribution in [0, 0.1) is 0 Å². The predicted molar refractivity (Wildman–Crippen MR) is 123 cm³/mol. The molecule has 7 heteroatoms. The number of carbonyl (C=O) groups is 1. The fraction of sp³-hybridized carbons (Fsp3) is 0.409. The minimum Gasteiger partial charge on any atom is -0.355 e. The number of anilines is 1. The minimum absolute atomic E-state index is 0.0416. The molecule has 1 amide bonds. The van der Waals surface area contributed by atoms with Gasteiger partial charge in [0.15, 0.2) is 0 Å². The normalized spacial score (nSPS) is 11.2. The van der Waals surface area contributed by atoms with Gasteiger partial charge in [0.2, 0.25) is 15.9 Å². The Morgan fingerprint density at radius 1 is 1.03 bits per heavy atom. The highest BCUT2D eigenvalue weighted by molar-refractivity contribution is 7.98. The molecule has 0 fully saturated rings. The van der Waals surface area contributed by atoms with E-state index in [9.17, 15) is 13.2 Å². The van der Waals surface area contributed by atoms with Gasteiger partial charge in [0.05, 0.1) is 11.9 Å². The van der Waals surface area contributed by atoms with Crippen molar-refractivity contribution in [2.45, 2.75) is 31.9 Å². The molecule has 0 heterocycles. The van der Waals surface area contributed by atoms with E-state index in [0.717, 1.165) is 23.5 Å². The summed E-state index contributed by atoms with van der Waals surface area (Å²) in [4.78, 5) is 12.0. The van der Waals surface area contributed by atoms with Crippen LogP contribution in [0.25, 0.3) is 0 Å². The average molecular weight is 435 g/mol. The van der Waals surface area contributed by atoms with E-state index in [1.165, 1.54) is 16.1 Å². The lowest BCUT2D eigenvalue weighted by Gasteiger charge is -2.22. The summed E-state index contributed by atoms with van der Waals surface area (Å²) in [6.45, 7) is 2.97. The maximum Gasteiger partial charge on any atom is 0.232 e. The summed E-state index contributed by atoms with van der Waals surface area (Å²) >= 11 is 1.78. The number of aryl methyl sites for hydroxylation is 1. The SMILES string of the molecule is CCc1ccc(N(CCCC(=O)NCCSCc2ccccc2)S(C)(=O)=O)cc1. The van der Waals surface area contributed by atoms with Gasteiger partial charge in [-0.1, -0.05) is 49.4 Å². The van der Waals surface area contributed by atoms with Crippen LogP contribution in [0.1, 0.15) is 30.9 Å². The second-order valence-electron chi connectivity index (χ2n) is 6.85. The van der Waals surface area contributed by atoms with Crippen LogP contribution in [-0.4, -0.2) is 39.4 Å². The first-order valence-electron chi connectivity index (χ1n) is 9.85. The summed E-state index contributed by atoms with van der Waals surface area (Å²) in [6.07, 6.45) is 2.89. The second-order valence-corrected chi connectivity index (χ2v) is 9.86. The van der Waals surface area contributed by atoms with Crippen LogP contribution >= 0.6 is 11.8 Å². The van der Waals surface area contributed by atoms with Gasteiger partial charge in [-0.2, -0.15) is 11.8 Å². The number of carbonyl (C=O) groups excluding carboxylic acids is 1. The standard InChI is InChI=1S/C22H30N2O3S2/c1-3-19-11-13-21(14-12-19)24(29(2,26)27)16-7-10-22(25)23-15-17-28-18-20-8-5-4-6-9-20/h4-6,8-9,11-14H,3,7,10,15-18H2,1-2H3,(H,23,25). The molecule has 158 valence electrons. The molecule has 0 aliphatic rings. The van der Waals surface area contributed by atoms with E-state index < -0.39 is 10.0 Å². The Morgan fingerprint density at radius 3 is 2.34 bits per heavy atom. The lowest BCUT2D eigenvalue weighted by molar-refractivity contribution is -0.121. The van der Waals surface area contributed by atoms with Gasteiger partial charge in [0.1, 0.15) is 0 Å². The van der Waals surface area contributed by atoms with Crippen molar-refractivity contribution in [3.63, 3.8) is 0 Å². The number of benzene rings is 2. The molecule has 2 aromatic rings. The molecule has 0 unspecified atom stereocenters. The zero-order valence-corrected chi connectivity index (χ0v) is 18.8. The van der Waals surface area contributed by atoms with E-state index in [-0.39, 0.29) is 5.91 Å². The van der Waals surface area contributed by atoms with Crippen molar-refractivity contribution >= 4 is 33.4 Å². The lowest BCUT2D eigenvalue weighted by Crippen LogP contribution is -2.32. The molecule has 2 rings (SSSR count). The molecule has 2 aromatic carbocycles. The fourth-order valence-corrected chi connectivity index (χ4v) is 4.67. The molecule has 0 atom stereocenters. The third-order valence-electron chi connectivity index (χ3n) is 4.48. The molecule has 0 spiro atoms. The molecule has 5 nitrogen and oxygen atoms in total. The van der Waals surface area contributed by atoms with E-state index in [0.29, 0.717) is 31.6 Å². The van der Waals surface area contributed by atoms with Gasteiger partial charge in [0.25, 0.3) is 0 Å². The van der Waals surface area contributed by atoms with E-state index >= 15 is 0 Å². The van der Waals surface area contributed by atoms with Crippen LogP contribution in [0.3, 0.4) is 0 Å². The van der Waals surface area contributed by atoms with Crippen LogP contribution in [0.15, 0.2) is 54.6 Å². The minimum atomic E-state index is -3.39. The third kappa shape index (κ3) is 8.50. The number of hydrogen-bond donors (Lipinski definition) is 1. The Hall–Kier alpha value is -1.99. The third-order valence-corrected chi connectivity index (χ3v) is 6.70. The van der Waals surface area contributed by atoms with Crippen molar-refractivity contribution in [3.05, 3.63) is 65.7 Å². The van der Waals surface area contributed by atoms with Crippen LogP contribution in [0.5, 0.6) is 0 Å². The zero-order chi connectivity index (χ0) is 21.1. The topological polar surface area (TPSA) is 66.5 Å². The van der Waals surface area contributed by atoms with Gasteiger partial charge in [-0.05, 0) is 36.1 Å². The summed E-state index contributed by atoms with van der Waals surface area (Å²) in [5.41, 5.74) is 3.07. The molecular weight excluding hydrogens is 404 g/mol. The molecule has 0 radical (unpaired) electrons. The second kappa shape index (κ2) is 11.9. The van der Waals surface area contributed by atoms with Gasteiger partial charge in [-0.15, -0.1) is 0 Å². The number of sulfonamides is 1. The first kappa shape index (κ1) is 23.3. The largest absolute Gasteiger partial charge is 0.355 e. The molecule has 0 aromatic heterocycles. The smallest absolute Gasteiger partial charge is 0.232 e. The quantitative estimate of drug-likeness (QED) is 0.516. The lowest BCUT2D eigenvalue weighted by atomic mass is 10.1. The highest BCUT2D eigenvalue weighted by Crippen LogP contribution is 2.19. The van der Waals surface area contributed by atoms with E-state index in [2.05, 4.69) is 24.4 Å². The Balaban J connectivity index is 1.70. The monoisotopic (exact) mass is 434 g/mol. The van der Waals surface area contributed by atoms with Crippen LogP contribution < -0.4 is 9.62 Å². The summed E-state index contributed by atoms with van der Waals surface area (Å²) in [5, 5.41) is 2.91. The number of hydrogen-bond acceptors (Lipinski definition) is 4. The number of nitrogens with one attached hydrogen (secondary N) is 1. The van der Waals surface area contributed by atoms with Gasteiger partial charge >= 0.3 is 0 Å². The predicted octanol–water partition coefficient (Wildman–Crippen LogP) is 3.84. The average Bonchev–Trinajstić information content (AvgIpc) is 2.71. The van der Waals surface area contributed by atoms with Crippen molar-refractivity contribution in [1.29, 1.82) is 0 Å². The molecule has 29 heavy (non-hydrogen) atoms. The Bertz CT molecular complexity index is 853. The van der Waals surface area contributed by atoms with Gasteiger partial charge in [0, 0.05) is 31.0 Å². The summed E-state index contributed by atoms with van der Waals surface area (Å²) in [7, 11) is -3.39. The van der Waals surface area contributed by atoms with E-state index in [4.69, 9.17) is 0 Å². The molecule has 1 N–H and O–H groups in total. The highest BCUT2D eigenvalue weighted by Gasteiger charge is 2.17. The highest BCUT2D eigenvalue weighted by atomic mass is 32.2. The molecule has 0 saturated heterocycles. The van der Waals surface area contributed by atoms with Crippen molar-refractivity contribution in [3.8, 4) is 0 Å². The molecular formula is C22H30N2O3S2. The Morgan fingerprint density at radius 2 is 1.72 bits per heavy atom. The van der Waals surface area contributed by atoms with Crippen LogP contribution in [0.4, 0.5) is 5.69 Å². The molecule has 0 saturated carbocycles. The first-order chi connectivity index (χ1) is 13.9. The van der Waals surface area contributed by atoms with Crippen LogP contribution in [0.2, 0.25) is 0 Å². The van der Waals surface area contributed by atoms with Crippen molar-refractivity contribution in [1.82, 2.24) is 5.32 Å². The molecule has 0 aliphatic carbocycles. The number of thioether (sulfide) groups is 1. The molecule has 0 aliphatic heterocycles. The van der Waals surface area contributed by atoms with Crippen molar-refractivity contribution in [2.75, 3.05) is 29.4 Å². The summed E-state index contributed by atoms with van der Waals surface area (Å²) in [6, 6.07) is 17.8. The first-order valence-corrected chi connectivity index (χ1v) is 12.9. The fourth-order valence-electron chi connectivity index (χ4n) is 2.88. The zero-order valence-electron chi connectivity index (χ0n) is 17.1. The van der Waals surface area contributed by atoms with E-state index in [1.807, 2.05) is 42.5 Å². The van der Waals surface area contributed by atoms with Crippen molar-refractivity contribution < 1.29 is 13.2 Å². The number of amides is 1. The Kier molecular flexibility index (Phi) is 9.54. The van der Waals surface area contributed by atoms with Gasteiger partial charge in [-0.25, -0.2) is 8.42 Å². The maximum absolute atomic E-state index is 12.1. The van der Waals surface area contributed by atoms with Gasteiger partial charge < -0.3 is 5.32 Å². The van der Waals surface area contributed by atoms with E-state index in [1.54, 1.807) is 11.8 Å². The number of rotatable bonds is 12.